The molecule has 0 radical (unpaired) electrons. The van der Waals surface area contributed by atoms with E-state index in [1.165, 1.54) is 0 Å². The molecule has 0 aliphatic heterocycles. The number of nitrogens with one attached hydrogen (secondary N) is 2. The predicted octanol–water partition coefficient (Wildman–Crippen LogP) is 1.08. The van der Waals surface area contributed by atoms with Gasteiger partial charge in [0.05, 0.1) is 0 Å². The van der Waals surface area contributed by atoms with Gasteiger partial charge in [-0.05, 0) is 12.1 Å². The molecule has 0 fully saturated rings. The van der Waals surface area contributed by atoms with Gasteiger partial charge in [-0.3, -0.25) is 0 Å². The molecule has 1 aromatic rings. The maximum absolute atomic E-state index is 8.25. The van der Waals surface area contributed by atoms with Crippen molar-refractivity contribution < 1.29 is 5.21 Å². The second kappa shape index (κ2) is 4.71. The van der Waals surface area contributed by atoms with Crippen molar-refractivity contribution in [3.8, 4) is 0 Å². The summed E-state index contributed by atoms with van der Waals surface area (Å²) >= 11 is 0. The summed E-state index contributed by atoms with van der Waals surface area (Å²) in [5, 5.41) is 11.4. The van der Waals surface area contributed by atoms with Crippen LogP contribution in [0.25, 0.3) is 0 Å². The molecule has 0 spiro atoms. The fourth-order valence-electron chi connectivity index (χ4n) is 0.819. The zero-order valence-corrected chi connectivity index (χ0v) is 6.25. The third-order valence-corrected chi connectivity index (χ3v) is 1.34. The average Bonchev–Trinajstić information content (AvgIpc) is 2.07. The highest BCUT2D eigenvalue weighted by molar-refractivity contribution is 5.42. The Hall–Kier alpha value is -1.06. The van der Waals surface area contributed by atoms with Gasteiger partial charge in [-0.2, -0.15) is 0 Å². The lowest BCUT2D eigenvalue weighted by Crippen LogP contribution is -2.18. The Morgan fingerprint density at radius 2 is 1.82 bits per heavy atom. The normalized spacial score (nSPS) is 9.55. The summed E-state index contributed by atoms with van der Waals surface area (Å²) in [6.45, 7) is 1.27. The Morgan fingerprint density at radius 1 is 1.09 bits per heavy atom. The lowest BCUT2D eigenvalue weighted by atomic mass is 10.3. The molecule has 1 aromatic carbocycles. The fraction of sp³-hybridized carbons (Fsp3) is 0.250. The first-order valence-electron chi connectivity index (χ1n) is 3.59. The fourth-order valence-corrected chi connectivity index (χ4v) is 0.819. The SMILES string of the molecule is ONCCNc1ccccc1. The number of hydroxylamine groups is 1. The molecule has 11 heavy (non-hydrogen) atoms. The second-order valence-corrected chi connectivity index (χ2v) is 2.20. The predicted molar refractivity (Wildman–Crippen MR) is 44.7 cm³/mol. The Morgan fingerprint density at radius 3 is 2.45 bits per heavy atom. The Balaban J connectivity index is 2.28. The number of hydrogen-bond acceptors (Lipinski definition) is 3. The summed E-state index contributed by atoms with van der Waals surface area (Å²) in [6.07, 6.45) is 0. The topological polar surface area (TPSA) is 44.3 Å². The van der Waals surface area contributed by atoms with E-state index in [9.17, 15) is 0 Å². The number of para-hydroxylation sites is 1. The minimum Gasteiger partial charge on any atom is -0.384 e. The molecular weight excluding hydrogens is 140 g/mol. The van der Waals surface area contributed by atoms with Gasteiger partial charge in [0.1, 0.15) is 0 Å². The van der Waals surface area contributed by atoms with Gasteiger partial charge in [0, 0.05) is 18.8 Å². The highest BCUT2D eigenvalue weighted by Gasteiger charge is 1.86. The van der Waals surface area contributed by atoms with Crippen LogP contribution in [0.15, 0.2) is 30.3 Å². The molecule has 0 saturated carbocycles. The average molecular weight is 152 g/mol. The molecular formula is C8H12N2O. The van der Waals surface area contributed by atoms with E-state index < -0.39 is 0 Å². The van der Waals surface area contributed by atoms with Gasteiger partial charge in [-0.15, -0.1) is 0 Å². The van der Waals surface area contributed by atoms with Gasteiger partial charge in [0.2, 0.25) is 0 Å². The second-order valence-electron chi connectivity index (χ2n) is 2.20. The lowest BCUT2D eigenvalue weighted by Gasteiger charge is -2.03. The smallest absolute Gasteiger partial charge is 0.0380 e. The van der Waals surface area contributed by atoms with Crippen molar-refractivity contribution in [2.45, 2.75) is 0 Å². The van der Waals surface area contributed by atoms with Crippen LogP contribution in [-0.4, -0.2) is 18.3 Å². The number of hydrogen-bond donors (Lipinski definition) is 3. The molecule has 3 nitrogen and oxygen atoms in total. The molecule has 0 unspecified atom stereocenters. The first kappa shape index (κ1) is 8.04. The lowest BCUT2D eigenvalue weighted by molar-refractivity contribution is 0.171. The van der Waals surface area contributed by atoms with E-state index in [-0.39, 0.29) is 0 Å². The Kier molecular flexibility index (Phi) is 3.44. The zero-order chi connectivity index (χ0) is 7.94. The molecule has 1 rings (SSSR count). The molecule has 0 saturated heterocycles. The third-order valence-electron chi connectivity index (χ3n) is 1.34. The molecule has 0 aliphatic carbocycles. The standard InChI is InChI=1S/C8H12N2O/c11-10-7-6-9-8-4-2-1-3-5-8/h1-5,9-11H,6-7H2. The van der Waals surface area contributed by atoms with Gasteiger partial charge < -0.3 is 10.5 Å². The maximum Gasteiger partial charge on any atom is 0.0380 e. The number of benzene rings is 1. The van der Waals surface area contributed by atoms with Gasteiger partial charge in [0.25, 0.3) is 0 Å². The monoisotopic (exact) mass is 152 g/mol. The third kappa shape index (κ3) is 3.02. The highest BCUT2D eigenvalue weighted by atomic mass is 16.5. The van der Waals surface area contributed by atoms with Crippen molar-refractivity contribution in [3.05, 3.63) is 30.3 Å². The van der Waals surface area contributed by atoms with E-state index in [2.05, 4.69) is 10.8 Å². The van der Waals surface area contributed by atoms with Crippen LogP contribution in [0.4, 0.5) is 5.69 Å². The largest absolute Gasteiger partial charge is 0.384 e. The summed E-state index contributed by atoms with van der Waals surface area (Å²) in [4.78, 5) is 0. The summed E-state index contributed by atoms with van der Waals surface area (Å²) in [5.74, 6) is 0. The summed E-state index contributed by atoms with van der Waals surface area (Å²) in [7, 11) is 0. The van der Waals surface area contributed by atoms with Gasteiger partial charge in [-0.25, -0.2) is 5.48 Å². The van der Waals surface area contributed by atoms with Crippen LogP contribution in [0.2, 0.25) is 0 Å². The molecule has 0 aliphatic rings. The van der Waals surface area contributed by atoms with Crippen LogP contribution in [-0.2, 0) is 0 Å². The molecule has 3 N–H and O–H groups in total. The quantitative estimate of drug-likeness (QED) is 0.447. The summed E-state index contributed by atoms with van der Waals surface area (Å²) < 4.78 is 0. The van der Waals surface area contributed by atoms with Crippen LogP contribution in [0, 0.1) is 0 Å². The Labute approximate surface area is 66.0 Å². The first-order valence-corrected chi connectivity index (χ1v) is 3.59. The van der Waals surface area contributed by atoms with Crippen LogP contribution in [0.3, 0.4) is 0 Å². The molecule has 60 valence electrons. The molecule has 0 atom stereocenters. The van der Waals surface area contributed by atoms with E-state index >= 15 is 0 Å². The summed E-state index contributed by atoms with van der Waals surface area (Å²) in [5.41, 5.74) is 3.15. The van der Waals surface area contributed by atoms with Crippen LogP contribution in [0.1, 0.15) is 0 Å². The van der Waals surface area contributed by atoms with E-state index in [0.717, 1.165) is 12.2 Å². The van der Waals surface area contributed by atoms with Gasteiger partial charge in [0.15, 0.2) is 0 Å². The van der Waals surface area contributed by atoms with Crippen molar-refractivity contribution in [2.75, 3.05) is 18.4 Å². The molecule has 0 amide bonds. The van der Waals surface area contributed by atoms with E-state index in [0.29, 0.717) is 6.54 Å². The van der Waals surface area contributed by atoms with Crippen molar-refractivity contribution in [1.82, 2.24) is 5.48 Å². The summed E-state index contributed by atoms with van der Waals surface area (Å²) in [6, 6.07) is 9.87. The van der Waals surface area contributed by atoms with Crippen LogP contribution < -0.4 is 10.8 Å². The van der Waals surface area contributed by atoms with Crippen molar-refractivity contribution in [3.63, 3.8) is 0 Å². The minimum atomic E-state index is 0.550. The first-order chi connectivity index (χ1) is 5.43. The van der Waals surface area contributed by atoms with Crippen molar-refractivity contribution in [1.29, 1.82) is 0 Å². The molecule has 3 heteroatoms. The molecule has 0 aromatic heterocycles. The minimum absolute atomic E-state index is 0.550. The zero-order valence-electron chi connectivity index (χ0n) is 6.25. The molecule has 0 bridgehead atoms. The number of anilines is 1. The maximum atomic E-state index is 8.25. The van der Waals surface area contributed by atoms with E-state index in [4.69, 9.17) is 5.21 Å². The Bertz CT molecular complexity index is 189. The van der Waals surface area contributed by atoms with Crippen molar-refractivity contribution in [2.24, 2.45) is 0 Å². The van der Waals surface area contributed by atoms with Crippen LogP contribution >= 0.6 is 0 Å². The van der Waals surface area contributed by atoms with Gasteiger partial charge in [-0.1, -0.05) is 18.2 Å². The van der Waals surface area contributed by atoms with Crippen molar-refractivity contribution >= 4 is 5.69 Å². The van der Waals surface area contributed by atoms with Gasteiger partial charge >= 0.3 is 0 Å². The van der Waals surface area contributed by atoms with Crippen LogP contribution in [0.5, 0.6) is 0 Å². The highest BCUT2D eigenvalue weighted by Crippen LogP contribution is 2.02. The number of rotatable bonds is 4. The van der Waals surface area contributed by atoms with E-state index in [1.54, 1.807) is 0 Å². The molecule has 0 heterocycles. The van der Waals surface area contributed by atoms with E-state index in [1.807, 2.05) is 30.3 Å².